The van der Waals surface area contributed by atoms with E-state index in [1.807, 2.05) is 26.8 Å². The second-order valence-electron chi connectivity index (χ2n) is 5.95. The van der Waals surface area contributed by atoms with Crippen LogP contribution < -0.4 is 16.0 Å². The fourth-order valence-corrected chi connectivity index (χ4v) is 2.30. The van der Waals surface area contributed by atoms with Crippen LogP contribution in [0, 0.1) is 5.41 Å². The lowest BCUT2D eigenvalue weighted by Gasteiger charge is -2.24. The average molecular weight is 288 g/mol. The molecule has 21 heavy (non-hydrogen) atoms. The molecule has 0 saturated carbocycles. The molecular weight excluding hydrogens is 264 g/mol. The van der Waals surface area contributed by atoms with Crippen molar-refractivity contribution >= 4 is 17.6 Å². The highest BCUT2D eigenvalue weighted by Crippen LogP contribution is 2.27. The SMILES string of the molecule is CCNC(=NCC(C)(C)C(N)=O)N1CCc2ccccc21. The molecule has 0 radical (unpaired) electrons. The highest BCUT2D eigenvalue weighted by Gasteiger charge is 2.27. The van der Waals surface area contributed by atoms with Gasteiger partial charge >= 0.3 is 0 Å². The van der Waals surface area contributed by atoms with Crippen LogP contribution in [-0.4, -0.2) is 31.5 Å². The molecular formula is C16H24N4O. The Kier molecular flexibility index (Phi) is 4.50. The third-order valence-electron chi connectivity index (χ3n) is 3.77. The summed E-state index contributed by atoms with van der Waals surface area (Å²) in [6.07, 6.45) is 1.01. The number of hydrogen-bond donors (Lipinski definition) is 2. The molecule has 0 atom stereocenters. The quantitative estimate of drug-likeness (QED) is 0.652. The summed E-state index contributed by atoms with van der Waals surface area (Å²) in [7, 11) is 0. The molecule has 0 bridgehead atoms. The van der Waals surface area contributed by atoms with Gasteiger partial charge in [-0.2, -0.15) is 0 Å². The van der Waals surface area contributed by atoms with E-state index in [9.17, 15) is 4.79 Å². The van der Waals surface area contributed by atoms with E-state index in [-0.39, 0.29) is 5.91 Å². The number of anilines is 1. The highest BCUT2D eigenvalue weighted by atomic mass is 16.1. The van der Waals surface area contributed by atoms with Gasteiger partial charge in [-0.25, -0.2) is 0 Å². The number of carbonyl (C=O) groups is 1. The number of nitrogens with one attached hydrogen (secondary N) is 1. The van der Waals surface area contributed by atoms with Crippen LogP contribution in [0.25, 0.3) is 0 Å². The van der Waals surface area contributed by atoms with Crippen molar-refractivity contribution in [3.63, 3.8) is 0 Å². The zero-order chi connectivity index (χ0) is 15.5. The summed E-state index contributed by atoms with van der Waals surface area (Å²) < 4.78 is 0. The van der Waals surface area contributed by atoms with E-state index in [2.05, 4.69) is 33.4 Å². The minimum absolute atomic E-state index is 0.330. The number of nitrogens with zero attached hydrogens (tertiary/aromatic N) is 2. The lowest BCUT2D eigenvalue weighted by molar-refractivity contribution is -0.125. The maximum atomic E-state index is 11.4. The number of amides is 1. The van der Waals surface area contributed by atoms with Crippen LogP contribution in [0.1, 0.15) is 26.3 Å². The minimum atomic E-state index is -0.639. The second-order valence-corrected chi connectivity index (χ2v) is 5.95. The van der Waals surface area contributed by atoms with Crippen molar-refractivity contribution < 1.29 is 4.79 Å². The highest BCUT2D eigenvalue weighted by molar-refractivity contribution is 5.98. The van der Waals surface area contributed by atoms with Gasteiger partial charge < -0.3 is 16.0 Å². The van der Waals surface area contributed by atoms with Crippen molar-refractivity contribution in [3.8, 4) is 0 Å². The summed E-state index contributed by atoms with van der Waals surface area (Å²) >= 11 is 0. The molecule has 2 rings (SSSR count). The predicted molar refractivity (Wildman–Crippen MR) is 86.4 cm³/mol. The number of aliphatic imine (C=N–C) groups is 1. The topological polar surface area (TPSA) is 70.7 Å². The van der Waals surface area contributed by atoms with Crippen molar-refractivity contribution in [1.29, 1.82) is 0 Å². The van der Waals surface area contributed by atoms with E-state index in [1.165, 1.54) is 11.3 Å². The van der Waals surface area contributed by atoms with Crippen molar-refractivity contribution in [1.82, 2.24) is 5.32 Å². The fourth-order valence-electron chi connectivity index (χ4n) is 2.30. The van der Waals surface area contributed by atoms with Crippen molar-refractivity contribution in [3.05, 3.63) is 29.8 Å². The summed E-state index contributed by atoms with van der Waals surface area (Å²) in [5, 5.41) is 3.30. The van der Waals surface area contributed by atoms with E-state index in [1.54, 1.807) is 0 Å². The molecule has 0 aromatic heterocycles. The van der Waals surface area contributed by atoms with E-state index in [4.69, 9.17) is 5.73 Å². The molecule has 0 aliphatic carbocycles. The van der Waals surface area contributed by atoms with Crippen LogP contribution in [0.2, 0.25) is 0 Å². The molecule has 1 aliphatic heterocycles. The Morgan fingerprint density at radius 1 is 1.43 bits per heavy atom. The first-order valence-electron chi connectivity index (χ1n) is 7.39. The van der Waals surface area contributed by atoms with Gasteiger partial charge in [0.25, 0.3) is 0 Å². The van der Waals surface area contributed by atoms with Crippen LogP contribution in [0.3, 0.4) is 0 Å². The number of guanidine groups is 1. The number of para-hydroxylation sites is 1. The Balaban J connectivity index is 2.22. The molecule has 1 aromatic rings. The molecule has 1 aliphatic rings. The van der Waals surface area contributed by atoms with Crippen LogP contribution in [0.5, 0.6) is 0 Å². The molecule has 0 saturated heterocycles. The standard InChI is InChI=1S/C16H24N4O/c1-4-18-15(19-11-16(2,3)14(17)21)20-10-9-12-7-5-6-8-13(12)20/h5-8H,4,9-11H2,1-3H3,(H2,17,21)(H,18,19). The van der Waals surface area contributed by atoms with Crippen molar-refractivity contribution in [2.75, 3.05) is 24.5 Å². The summed E-state index contributed by atoms with van der Waals surface area (Å²) in [6, 6.07) is 8.34. The Labute approximate surface area is 126 Å². The van der Waals surface area contributed by atoms with Gasteiger partial charge in [-0.1, -0.05) is 18.2 Å². The Morgan fingerprint density at radius 3 is 2.81 bits per heavy atom. The molecule has 114 valence electrons. The van der Waals surface area contributed by atoms with E-state index >= 15 is 0 Å². The van der Waals surface area contributed by atoms with Gasteiger partial charge in [0.1, 0.15) is 0 Å². The van der Waals surface area contributed by atoms with Gasteiger partial charge in [0.2, 0.25) is 5.91 Å². The van der Waals surface area contributed by atoms with Gasteiger partial charge in [-0.05, 0) is 38.8 Å². The van der Waals surface area contributed by atoms with Gasteiger partial charge in [0.05, 0.1) is 12.0 Å². The summed E-state index contributed by atoms with van der Waals surface area (Å²) in [5.41, 5.74) is 7.30. The molecule has 5 nitrogen and oxygen atoms in total. The average Bonchev–Trinajstić information content (AvgIpc) is 2.87. The summed E-state index contributed by atoms with van der Waals surface area (Å²) in [5.74, 6) is 0.487. The molecule has 3 N–H and O–H groups in total. The molecule has 0 fully saturated rings. The number of benzene rings is 1. The predicted octanol–water partition coefficient (Wildman–Crippen LogP) is 1.53. The lowest BCUT2D eigenvalue weighted by atomic mass is 9.93. The lowest BCUT2D eigenvalue weighted by Crippen LogP contribution is -2.42. The largest absolute Gasteiger partial charge is 0.369 e. The number of carbonyl (C=O) groups excluding carboxylic acids is 1. The molecule has 0 unspecified atom stereocenters. The minimum Gasteiger partial charge on any atom is -0.369 e. The Morgan fingerprint density at radius 2 is 2.14 bits per heavy atom. The van der Waals surface area contributed by atoms with Gasteiger partial charge in [-0.3, -0.25) is 9.79 Å². The maximum absolute atomic E-state index is 11.4. The monoisotopic (exact) mass is 288 g/mol. The number of primary amides is 1. The van der Waals surface area contributed by atoms with Crippen LogP contribution in [0.15, 0.2) is 29.3 Å². The first-order valence-corrected chi connectivity index (χ1v) is 7.39. The first kappa shape index (κ1) is 15.4. The fraction of sp³-hybridized carbons (Fsp3) is 0.500. The van der Waals surface area contributed by atoms with Crippen LogP contribution >= 0.6 is 0 Å². The van der Waals surface area contributed by atoms with Gasteiger partial charge in [0.15, 0.2) is 5.96 Å². The smallest absolute Gasteiger partial charge is 0.224 e. The number of nitrogens with two attached hydrogens (primary N) is 1. The van der Waals surface area contributed by atoms with Gasteiger partial charge in [-0.15, -0.1) is 0 Å². The second kappa shape index (κ2) is 6.16. The normalized spacial score (nSPS) is 15.0. The molecule has 1 amide bonds. The maximum Gasteiger partial charge on any atom is 0.224 e. The Bertz CT molecular complexity index is 551. The van der Waals surface area contributed by atoms with Crippen LogP contribution in [-0.2, 0) is 11.2 Å². The third-order valence-corrected chi connectivity index (χ3v) is 3.77. The summed E-state index contributed by atoms with van der Waals surface area (Å²) in [6.45, 7) is 7.75. The zero-order valence-corrected chi connectivity index (χ0v) is 13.0. The number of hydrogen-bond acceptors (Lipinski definition) is 2. The van der Waals surface area contributed by atoms with E-state index < -0.39 is 5.41 Å². The molecule has 1 aromatic carbocycles. The van der Waals surface area contributed by atoms with E-state index in [0.717, 1.165) is 25.5 Å². The molecule has 1 heterocycles. The number of fused-ring (bicyclic) bond motifs is 1. The first-order chi connectivity index (χ1) is 9.95. The molecule has 0 spiro atoms. The van der Waals surface area contributed by atoms with E-state index in [0.29, 0.717) is 6.54 Å². The third kappa shape index (κ3) is 3.35. The zero-order valence-electron chi connectivity index (χ0n) is 13.0. The van der Waals surface area contributed by atoms with Crippen molar-refractivity contribution in [2.45, 2.75) is 27.2 Å². The Hall–Kier alpha value is -2.04. The molecule has 5 heteroatoms. The summed E-state index contributed by atoms with van der Waals surface area (Å²) in [4.78, 5) is 18.2. The van der Waals surface area contributed by atoms with Crippen LogP contribution in [0.4, 0.5) is 5.69 Å². The van der Waals surface area contributed by atoms with Gasteiger partial charge in [0, 0.05) is 18.8 Å². The van der Waals surface area contributed by atoms with Crippen molar-refractivity contribution in [2.24, 2.45) is 16.1 Å². The number of rotatable bonds is 4.